The molecule has 4 nitrogen and oxygen atoms in total. The van der Waals surface area contributed by atoms with Crippen LogP contribution in [0.1, 0.15) is 13.3 Å². The molecule has 1 atom stereocenters. The molecule has 0 radical (unpaired) electrons. The normalized spacial score (nSPS) is 11.6. The van der Waals surface area contributed by atoms with Crippen LogP contribution >= 0.6 is 0 Å². The van der Waals surface area contributed by atoms with Crippen molar-refractivity contribution in [1.82, 2.24) is 0 Å². The summed E-state index contributed by atoms with van der Waals surface area (Å²) in [4.78, 5) is 0. The van der Waals surface area contributed by atoms with E-state index in [-0.39, 0.29) is 0 Å². The first-order valence-corrected chi connectivity index (χ1v) is 3.43. The van der Waals surface area contributed by atoms with Gasteiger partial charge in [0, 0.05) is 0 Å². The zero-order chi connectivity index (χ0) is 7.28. The van der Waals surface area contributed by atoms with E-state index < -0.39 is 16.5 Å². The predicted molar refractivity (Wildman–Crippen MR) is 31.0 cm³/mol. The molecular weight excluding hydrogens is 140 g/mol. The molecule has 0 aromatic rings. The minimum Gasteiger partial charge on any atom is -0.196 e. The second-order valence-electron chi connectivity index (χ2n) is 1.38. The van der Waals surface area contributed by atoms with E-state index in [9.17, 15) is 8.42 Å². The minimum absolute atomic E-state index is 0.435. The van der Waals surface area contributed by atoms with Crippen LogP contribution in [0.25, 0.3) is 0 Å². The first-order valence-electron chi connectivity index (χ1n) is 2.40. The summed E-state index contributed by atoms with van der Waals surface area (Å²) >= 11 is 0. The lowest BCUT2D eigenvalue weighted by molar-refractivity contribution is 0.616. The van der Waals surface area contributed by atoms with E-state index in [4.69, 9.17) is 5.26 Å². The highest BCUT2D eigenvalue weighted by Crippen LogP contribution is 1.92. The molecule has 0 saturated heterocycles. The van der Waals surface area contributed by atoms with E-state index >= 15 is 0 Å². The third-order valence-corrected chi connectivity index (χ3v) is 1.18. The molecule has 0 saturated carbocycles. The van der Waals surface area contributed by atoms with Gasteiger partial charge in [-0.05, 0) is 6.42 Å². The third kappa shape index (κ3) is 3.67. The van der Waals surface area contributed by atoms with Gasteiger partial charge in [0.25, 0.3) is 0 Å². The lowest BCUT2D eigenvalue weighted by atomic mass is 10.3. The van der Waals surface area contributed by atoms with E-state index in [2.05, 4.69) is 4.36 Å². The fourth-order valence-electron chi connectivity index (χ4n) is 0.293. The van der Waals surface area contributed by atoms with Gasteiger partial charge < -0.3 is 0 Å². The van der Waals surface area contributed by atoms with Crippen molar-refractivity contribution in [1.29, 1.82) is 5.26 Å². The molecule has 0 bridgehead atoms. The molecule has 0 heterocycles. The number of nitriles is 1. The monoisotopic (exact) mass is 146 g/mol. The smallest absolute Gasteiger partial charge is 0.196 e. The van der Waals surface area contributed by atoms with Crippen LogP contribution in [0.4, 0.5) is 0 Å². The van der Waals surface area contributed by atoms with Crippen molar-refractivity contribution in [2.45, 2.75) is 19.4 Å². The topological polar surface area (TPSA) is 70.3 Å². The molecule has 0 aromatic carbocycles. The molecule has 0 fully saturated rings. The Morgan fingerprint density at radius 2 is 2.33 bits per heavy atom. The van der Waals surface area contributed by atoms with Gasteiger partial charge in [-0.15, -0.1) is 0 Å². The molecule has 0 spiro atoms. The summed E-state index contributed by atoms with van der Waals surface area (Å²) < 4.78 is 22.7. The summed E-state index contributed by atoms with van der Waals surface area (Å²) in [7, 11) is -2.44. The Kier molecular flexibility index (Phi) is 3.64. The molecule has 0 aliphatic heterocycles. The number of nitrogens with zero attached hydrogens (tertiary/aromatic N) is 2. The van der Waals surface area contributed by atoms with Crippen LogP contribution in [-0.2, 0) is 10.5 Å². The highest BCUT2D eigenvalue weighted by Gasteiger charge is 1.98. The molecule has 0 rings (SSSR count). The van der Waals surface area contributed by atoms with Gasteiger partial charge in [-0.1, -0.05) is 6.92 Å². The van der Waals surface area contributed by atoms with Gasteiger partial charge in [0.2, 0.25) is 0 Å². The Morgan fingerprint density at radius 1 is 1.78 bits per heavy atom. The fraction of sp³-hybridized carbons (Fsp3) is 0.750. The molecule has 0 amide bonds. The summed E-state index contributed by atoms with van der Waals surface area (Å²) in [6.07, 6.45) is 0.435. The van der Waals surface area contributed by atoms with E-state index in [0.717, 1.165) is 0 Å². The molecule has 0 aliphatic carbocycles. The van der Waals surface area contributed by atoms with Crippen LogP contribution in [-0.4, -0.2) is 14.5 Å². The first-order chi connectivity index (χ1) is 4.20. The predicted octanol–water partition coefficient (Wildman–Crippen LogP) is 0.351. The maximum Gasteiger partial charge on any atom is 0.312 e. The van der Waals surface area contributed by atoms with E-state index in [0.29, 0.717) is 6.42 Å². The highest BCUT2D eigenvalue weighted by atomic mass is 32.2. The average molecular weight is 146 g/mol. The van der Waals surface area contributed by atoms with Crippen molar-refractivity contribution < 1.29 is 8.42 Å². The zero-order valence-electron chi connectivity index (χ0n) is 4.90. The molecular formula is C4H6N2O2S. The van der Waals surface area contributed by atoms with E-state index in [1.807, 2.05) is 0 Å². The molecule has 9 heavy (non-hydrogen) atoms. The lowest BCUT2D eigenvalue weighted by Crippen LogP contribution is -1.95. The van der Waals surface area contributed by atoms with Gasteiger partial charge in [0.05, 0.1) is 6.07 Å². The zero-order valence-corrected chi connectivity index (χ0v) is 5.72. The number of rotatable bonds is 2. The van der Waals surface area contributed by atoms with Gasteiger partial charge in [-0.3, -0.25) is 0 Å². The first kappa shape index (κ1) is 8.11. The summed E-state index contributed by atoms with van der Waals surface area (Å²) in [5, 5.41) is 8.16. The largest absolute Gasteiger partial charge is 0.312 e. The van der Waals surface area contributed by atoms with Crippen LogP contribution < -0.4 is 0 Å². The van der Waals surface area contributed by atoms with E-state index in [1.165, 1.54) is 0 Å². The summed E-state index contributed by atoms with van der Waals surface area (Å²) in [6, 6.07) is 1.02. The maximum atomic E-state index is 9.81. The second-order valence-corrected chi connectivity index (χ2v) is 2.02. The van der Waals surface area contributed by atoms with Crippen molar-refractivity contribution in [3.8, 4) is 6.07 Å². The van der Waals surface area contributed by atoms with Crippen molar-refractivity contribution in [2.24, 2.45) is 4.36 Å². The van der Waals surface area contributed by atoms with Crippen molar-refractivity contribution in [2.75, 3.05) is 0 Å². The number of hydrogen-bond donors (Lipinski definition) is 0. The molecule has 0 aliphatic rings. The fourth-order valence-corrected chi connectivity index (χ4v) is 0.697. The van der Waals surface area contributed by atoms with Gasteiger partial charge in [0.1, 0.15) is 0 Å². The minimum atomic E-state index is -2.44. The van der Waals surface area contributed by atoms with Crippen LogP contribution in [0.2, 0.25) is 0 Å². The Balaban J connectivity index is 4.22. The van der Waals surface area contributed by atoms with Crippen LogP contribution in [0.3, 0.4) is 0 Å². The average Bonchev–Trinajstić information content (AvgIpc) is 1.82. The Morgan fingerprint density at radius 3 is 2.44 bits per heavy atom. The molecule has 50 valence electrons. The van der Waals surface area contributed by atoms with Crippen molar-refractivity contribution >= 4 is 10.5 Å². The quantitative estimate of drug-likeness (QED) is 0.564. The molecule has 5 heteroatoms. The molecule has 1 unspecified atom stereocenters. The Hall–Kier alpha value is -0.890. The summed E-state index contributed by atoms with van der Waals surface area (Å²) in [6.45, 7) is 1.70. The van der Waals surface area contributed by atoms with Crippen molar-refractivity contribution in [3.63, 3.8) is 0 Å². The van der Waals surface area contributed by atoms with E-state index in [1.54, 1.807) is 13.0 Å². The van der Waals surface area contributed by atoms with Crippen LogP contribution in [0.15, 0.2) is 4.36 Å². The van der Waals surface area contributed by atoms with Gasteiger partial charge >= 0.3 is 10.5 Å². The third-order valence-electron chi connectivity index (χ3n) is 0.749. The maximum absolute atomic E-state index is 9.81. The number of hydrogen-bond acceptors (Lipinski definition) is 4. The highest BCUT2D eigenvalue weighted by molar-refractivity contribution is 7.61. The summed E-state index contributed by atoms with van der Waals surface area (Å²) in [5.74, 6) is 0. The van der Waals surface area contributed by atoms with Gasteiger partial charge in [0.15, 0.2) is 6.04 Å². The standard InChI is InChI=1S/C4H6N2O2S/c1-2-4(3-5)6-9(7)8/h4H,2H2,1H3. The van der Waals surface area contributed by atoms with Crippen LogP contribution in [0, 0.1) is 11.3 Å². The Bertz CT molecular complexity index is 228. The lowest BCUT2D eigenvalue weighted by Gasteiger charge is -1.88. The summed E-state index contributed by atoms with van der Waals surface area (Å²) in [5.41, 5.74) is 0. The van der Waals surface area contributed by atoms with Crippen LogP contribution in [0.5, 0.6) is 0 Å². The van der Waals surface area contributed by atoms with Gasteiger partial charge in [-0.25, -0.2) is 0 Å². The molecule has 0 N–H and O–H groups in total. The van der Waals surface area contributed by atoms with Gasteiger partial charge in [-0.2, -0.15) is 18.0 Å². The Labute approximate surface area is 54.8 Å². The second kappa shape index (κ2) is 4.04. The molecule has 0 aromatic heterocycles. The van der Waals surface area contributed by atoms with Crippen molar-refractivity contribution in [3.05, 3.63) is 0 Å². The SMILES string of the molecule is CCC(C#N)N=S(=O)=O.